The first-order chi connectivity index (χ1) is 6.53. The molecular formula is C8H16N2O3S. The number of hydrogen-bond acceptors (Lipinski definition) is 4. The molecule has 0 radical (unpaired) electrons. The Morgan fingerprint density at radius 3 is 2.43 bits per heavy atom. The van der Waals surface area contributed by atoms with Crippen LogP contribution in [0.15, 0.2) is 0 Å². The third-order valence-electron chi connectivity index (χ3n) is 2.40. The summed E-state index contributed by atoms with van der Waals surface area (Å²) in [5.74, 6) is 0.384. The summed E-state index contributed by atoms with van der Waals surface area (Å²) in [5.41, 5.74) is 0. The van der Waals surface area contributed by atoms with Crippen molar-refractivity contribution in [1.29, 1.82) is 0 Å². The molecule has 0 aromatic rings. The molecule has 0 atom stereocenters. The third kappa shape index (κ3) is 3.73. The molecule has 1 heterocycles. The Morgan fingerprint density at radius 2 is 1.93 bits per heavy atom. The second-order valence-electron chi connectivity index (χ2n) is 3.40. The van der Waals surface area contributed by atoms with E-state index in [1.54, 1.807) is 0 Å². The molecule has 1 aliphatic heterocycles. The second kappa shape index (κ2) is 4.86. The van der Waals surface area contributed by atoms with Gasteiger partial charge in [-0.15, -0.1) is 0 Å². The molecule has 0 aliphatic carbocycles. The highest BCUT2D eigenvalue weighted by atomic mass is 32.2. The summed E-state index contributed by atoms with van der Waals surface area (Å²) < 4.78 is 24.5. The summed E-state index contributed by atoms with van der Waals surface area (Å²) in [6.07, 6.45) is 1.11. The van der Waals surface area contributed by atoms with Gasteiger partial charge in [-0.2, -0.15) is 0 Å². The Bertz CT molecular complexity index is 290. The first-order valence-corrected chi connectivity index (χ1v) is 6.34. The van der Waals surface area contributed by atoms with Crippen LogP contribution in [-0.4, -0.2) is 51.5 Å². The summed E-state index contributed by atoms with van der Waals surface area (Å²) in [6.45, 7) is 1.90. The van der Waals surface area contributed by atoms with E-state index < -0.39 is 10.0 Å². The zero-order valence-electron chi connectivity index (χ0n) is 8.32. The predicted octanol–water partition coefficient (Wildman–Crippen LogP) is -0.799. The van der Waals surface area contributed by atoms with Crippen LogP contribution < -0.4 is 4.72 Å². The fourth-order valence-corrected chi connectivity index (χ4v) is 2.08. The van der Waals surface area contributed by atoms with Gasteiger partial charge in [0.2, 0.25) is 10.0 Å². The third-order valence-corrected chi connectivity index (χ3v) is 3.74. The minimum atomic E-state index is -3.11. The summed E-state index contributed by atoms with van der Waals surface area (Å²) in [4.78, 5) is 12.9. The maximum Gasteiger partial charge on any atom is 0.212 e. The lowest BCUT2D eigenvalue weighted by Crippen LogP contribution is -2.38. The molecular weight excluding hydrogens is 204 g/mol. The fraction of sp³-hybridized carbons (Fsp3) is 0.875. The monoisotopic (exact) mass is 220 g/mol. The molecule has 82 valence electrons. The molecule has 0 aromatic heterocycles. The zero-order valence-corrected chi connectivity index (χ0v) is 9.14. The SMILES string of the molecule is CNS(=O)(=O)CCN1CCC(=O)CC1. The van der Waals surface area contributed by atoms with E-state index in [9.17, 15) is 13.2 Å². The molecule has 0 unspecified atom stereocenters. The standard InChI is InChI=1S/C8H16N2O3S/c1-9-14(12,13)7-6-10-4-2-8(11)3-5-10/h9H,2-7H2,1H3. The van der Waals surface area contributed by atoms with E-state index in [-0.39, 0.29) is 11.5 Å². The number of hydrogen-bond donors (Lipinski definition) is 1. The predicted molar refractivity (Wildman–Crippen MR) is 53.5 cm³/mol. The normalized spacial score (nSPS) is 19.9. The molecule has 1 aliphatic rings. The van der Waals surface area contributed by atoms with E-state index >= 15 is 0 Å². The maximum atomic E-state index is 11.1. The molecule has 0 spiro atoms. The highest BCUT2D eigenvalue weighted by molar-refractivity contribution is 7.89. The van der Waals surface area contributed by atoms with Crippen molar-refractivity contribution in [3.63, 3.8) is 0 Å². The van der Waals surface area contributed by atoms with E-state index in [2.05, 4.69) is 4.72 Å². The van der Waals surface area contributed by atoms with Gasteiger partial charge in [0.05, 0.1) is 5.75 Å². The van der Waals surface area contributed by atoms with Crippen LogP contribution in [0.5, 0.6) is 0 Å². The number of nitrogens with one attached hydrogen (secondary N) is 1. The lowest BCUT2D eigenvalue weighted by molar-refractivity contribution is -0.121. The van der Waals surface area contributed by atoms with E-state index in [1.807, 2.05) is 4.90 Å². The largest absolute Gasteiger partial charge is 0.301 e. The van der Waals surface area contributed by atoms with Crippen LogP contribution in [0.4, 0.5) is 0 Å². The summed E-state index contributed by atoms with van der Waals surface area (Å²) in [6, 6.07) is 0. The summed E-state index contributed by atoms with van der Waals surface area (Å²) in [5, 5.41) is 0. The number of sulfonamides is 1. The maximum absolute atomic E-state index is 11.1. The number of Topliss-reactive ketones (excluding diaryl/α,β-unsaturated/α-hetero) is 1. The van der Waals surface area contributed by atoms with Crippen LogP contribution in [0.2, 0.25) is 0 Å². The van der Waals surface area contributed by atoms with Gasteiger partial charge in [0.1, 0.15) is 5.78 Å². The highest BCUT2D eigenvalue weighted by Gasteiger charge is 2.17. The average molecular weight is 220 g/mol. The summed E-state index contributed by atoms with van der Waals surface area (Å²) >= 11 is 0. The van der Waals surface area contributed by atoms with Gasteiger partial charge in [0.25, 0.3) is 0 Å². The lowest BCUT2D eigenvalue weighted by atomic mass is 10.1. The second-order valence-corrected chi connectivity index (χ2v) is 5.45. The van der Waals surface area contributed by atoms with Crippen LogP contribution in [-0.2, 0) is 14.8 Å². The quantitative estimate of drug-likeness (QED) is 0.673. The number of rotatable bonds is 4. The first-order valence-electron chi connectivity index (χ1n) is 4.69. The van der Waals surface area contributed by atoms with Crippen molar-refractivity contribution < 1.29 is 13.2 Å². The first kappa shape index (κ1) is 11.6. The minimum absolute atomic E-state index is 0.109. The van der Waals surface area contributed by atoms with E-state index in [1.165, 1.54) is 7.05 Å². The van der Waals surface area contributed by atoms with Crippen LogP contribution in [0.25, 0.3) is 0 Å². The number of ketones is 1. The number of carbonyl (C=O) groups is 1. The van der Waals surface area contributed by atoms with Gasteiger partial charge in [-0.25, -0.2) is 13.1 Å². The van der Waals surface area contributed by atoms with E-state index in [4.69, 9.17) is 0 Å². The Labute approximate surface area is 84.5 Å². The van der Waals surface area contributed by atoms with Crippen molar-refractivity contribution in [2.75, 3.05) is 32.4 Å². The lowest BCUT2D eigenvalue weighted by Gasteiger charge is -2.25. The fourth-order valence-electron chi connectivity index (χ4n) is 1.38. The average Bonchev–Trinajstić information content (AvgIpc) is 2.17. The molecule has 0 amide bonds. The molecule has 0 bridgehead atoms. The van der Waals surface area contributed by atoms with Crippen molar-refractivity contribution in [2.24, 2.45) is 0 Å². The molecule has 0 aromatic carbocycles. The zero-order chi connectivity index (χ0) is 10.6. The smallest absolute Gasteiger partial charge is 0.212 e. The van der Waals surface area contributed by atoms with Gasteiger partial charge >= 0.3 is 0 Å². The number of carbonyl (C=O) groups excluding carboxylic acids is 1. The molecule has 5 nitrogen and oxygen atoms in total. The van der Waals surface area contributed by atoms with Gasteiger partial charge < -0.3 is 4.90 Å². The van der Waals surface area contributed by atoms with Gasteiger partial charge in [0.15, 0.2) is 0 Å². The Balaban J connectivity index is 2.29. The van der Waals surface area contributed by atoms with Crippen molar-refractivity contribution in [3.8, 4) is 0 Å². The summed E-state index contributed by atoms with van der Waals surface area (Å²) in [7, 11) is -1.70. The Hall–Kier alpha value is -0.460. The van der Waals surface area contributed by atoms with Crippen molar-refractivity contribution >= 4 is 15.8 Å². The van der Waals surface area contributed by atoms with Crippen molar-refractivity contribution in [1.82, 2.24) is 9.62 Å². The van der Waals surface area contributed by atoms with Crippen LogP contribution >= 0.6 is 0 Å². The van der Waals surface area contributed by atoms with Crippen LogP contribution in [0.3, 0.4) is 0 Å². The van der Waals surface area contributed by atoms with Gasteiger partial charge in [0, 0.05) is 32.5 Å². The van der Waals surface area contributed by atoms with Gasteiger partial charge in [-0.05, 0) is 7.05 Å². The Morgan fingerprint density at radius 1 is 1.36 bits per heavy atom. The van der Waals surface area contributed by atoms with E-state index in [0.29, 0.717) is 32.5 Å². The van der Waals surface area contributed by atoms with Crippen LogP contribution in [0.1, 0.15) is 12.8 Å². The van der Waals surface area contributed by atoms with Gasteiger partial charge in [-0.3, -0.25) is 4.79 Å². The number of likely N-dealkylation sites (tertiary alicyclic amines) is 1. The van der Waals surface area contributed by atoms with Crippen molar-refractivity contribution in [3.05, 3.63) is 0 Å². The molecule has 1 saturated heterocycles. The Kier molecular flexibility index (Phi) is 4.03. The number of nitrogens with zero attached hydrogens (tertiary/aromatic N) is 1. The van der Waals surface area contributed by atoms with Gasteiger partial charge in [-0.1, -0.05) is 0 Å². The van der Waals surface area contributed by atoms with E-state index in [0.717, 1.165) is 0 Å². The molecule has 1 rings (SSSR count). The molecule has 14 heavy (non-hydrogen) atoms. The molecule has 6 heteroatoms. The molecule has 1 fully saturated rings. The number of piperidine rings is 1. The molecule has 1 N–H and O–H groups in total. The highest BCUT2D eigenvalue weighted by Crippen LogP contribution is 2.05. The molecule has 0 saturated carbocycles. The van der Waals surface area contributed by atoms with Crippen LogP contribution in [0, 0.1) is 0 Å². The minimum Gasteiger partial charge on any atom is -0.301 e. The van der Waals surface area contributed by atoms with Crippen molar-refractivity contribution in [2.45, 2.75) is 12.8 Å². The topological polar surface area (TPSA) is 66.5 Å².